The van der Waals surface area contributed by atoms with E-state index in [9.17, 15) is 0 Å². The Kier molecular flexibility index (Phi) is 4.49. The van der Waals surface area contributed by atoms with E-state index in [4.69, 9.17) is 8.85 Å². The highest BCUT2D eigenvalue weighted by Gasteiger charge is 2.20. The van der Waals surface area contributed by atoms with Crippen LogP contribution >= 0.6 is 15.9 Å². The predicted molar refractivity (Wildman–Crippen MR) is 82.1 cm³/mol. The topological polar surface area (TPSA) is 18.5 Å². The minimum absolute atomic E-state index is 0.889. The maximum atomic E-state index is 6.02. The highest BCUT2D eigenvalue weighted by molar-refractivity contribution is 9.10. The van der Waals surface area contributed by atoms with Gasteiger partial charge in [-0.25, -0.2) is 0 Å². The summed E-state index contributed by atoms with van der Waals surface area (Å²) < 4.78 is 13.0. The summed E-state index contributed by atoms with van der Waals surface area (Å²) in [7, 11) is -3.14. The molecule has 0 bridgehead atoms. The zero-order valence-corrected chi connectivity index (χ0v) is 15.0. The Labute approximate surface area is 115 Å². The van der Waals surface area contributed by atoms with E-state index in [1.165, 1.54) is 0 Å². The molecule has 0 aromatic heterocycles. The fourth-order valence-corrected chi connectivity index (χ4v) is 3.45. The Balaban J connectivity index is 2.95. The van der Waals surface area contributed by atoms with E-state index in [0.717, 1.165) is 16.0 Å². The van der Waals surface area contributed by atoms with Crippen LogP contribution in [0.3, 0.4) is 0 Å². The third kappa shape index (κ3) is 5.74. The summed E-state index contributed by atoms with van der Waals surface area (Å²) in [6, 6.07) is 5.96. The Hall–Kier alpha value is -0.266. The van der Waals surface area contributed by atoms with E-state index < -0.39 is 16.6 Å². The van der Waals surface area contributed by atoms with E-state index in [1.54, 1.807) is 0 Å². The standard InChI is InChI=1S/C12H21BrO2Si2/c1-16(2,3)14-10-7-8-11(13)12(9-10)15-17(4,5)6/h7-9H,1-6H3. The molecule has 0 saturated heterocycles. The molecular weight excluding hydrogens is 312 g/mol. The first-order valence-electron chi connectivity index (χ1n) is 5.74. The normalized spacial score (nSPS) is 12.4. The molecule has 0 N–H and O–H groups in total. The van der Waals surface area contributed by atoms with Crippen molar-refractivity contribution >= 4 is 32.6 Å². The van der Waals surface area contributed by atoms with Gasteiger partial charge in [0.05, 0.1) is 4.47 Å². The number of hydrogen-bond donors (Lipinski definition) is 0. The van der Waals surface area contributed by atoms with Crippen LogP contribution in [0.2, 0.25) is 39.3 Å². The Morgan fingerprint density at radius 2 is 1.41 bits per heavy atom. The molecule has 0 radical (unpaired) electrons. The number of hydrogen-bond acceptors (Lipinski definition) is 2. The van der Waals surface area contributed by atoms with E-state index >= 15 is 0 Å². The minimum atomic E-state index is -1.59. The molecule has 0 unspecified atom stereocenters. The van der Waals surface area contributed by atoms with Crippen LogP contribution < -0.4 is 8.85 Å². The second-order valence-corrected chi connectivity index (χ2v) is 15.7. The van der Waals surface area contributed by atoms with Crippen LogP contribution in [-0.2, 0) is 0 Å². The van der Waals surface area contributed by atoms with Gasteiger partial charge in [0.15, 0.2) is 0 Å². The fourth-order valence-electron chi connectivity index (χ4n) is 1.31. The number of benzene rings is 1. The van der Waals surface area contributed by atoms with Crippen molar-refractivity contribution < 1.29 is 8.85 Å². The highest BCUT2D eigenvalue weighted by atomic mass is 79.9. The maximum absolute atomic E-state index is 6.02. The van der Waals surface area contributed by atoms with Gasteiger partial charge in [0.25, 0.3) is 0 Å². The monoisotopic (exact) mass is 332 g/mol. The quantitative estimate of drug-likeness (QED) is 0.732. The molecule has 96 valence electrons. The van der Waals surface area contributed by atoms with Gasteiger partial charge >= 0.3 is 0 Å². The minimum Gasteiger partial charge on any atom is -0.544 e. The molecule has 0 fully saturated rings. The van der Waals surface area contributed by atoms with Crippen LogP contribution in [0.1, 0.15) is 0 Å². The van der Waals surface area contributed by atoms with Crippen molar-refractivity contribution in [3.05, 3.63) is 22.7 Å². The van der Waals surface area contributed by atoms with Gasteiger partial charge in [-0.3, -0.25) is 0 Å². The molecule has 0 heterocycles. The van der Waals surface area contributed by atoms with E-state index in [2.05, 4.69) is 55.2 Å². The van der Waals surface area contributed by atoms with Gasteiger partial charge in [-0.05, 0) is 67.3 Å². The SMILES string of the molecule is C[Si](C)(C)Oc1ccc(Br)c(O[Si](C)(C)C)c1. The average Bonchev–Trinajstić information content (AvgIpc) is 2.05. The first-order valence-corrected chi connectivity index (χ1v) is 13.4. The van der Waals surface area contributed by atoms with Gasteiger partial charge in [0.2, 0.25) is 16.6 Å². The van der Waals surface area contributed by atoms with Crippen LogP contribution in [0.5, 0.6) is 11.5 Å². The van der Waals surface area contributed by atoms with Crippen molar-refractivity contribution in [3.63, 3.8) is 0 Å². The molecule has 0 aliphatic carbocycles. The first kappa shape index (κ1) is 14.8. The molecule has 1 aromatic rings. The highest BCUT2D eigenvalue weighted by Crippen LogP contribution is 2.32. The van der Waals surface area contributed by atoms with Crippen molar-refractivity contribution in [1.82, 2.24) is 0 Å². The molecular formula is C12H21BrO2Si2. The van der Waals surface area contributed by atoms with Crippen LogP contribution in [0, 0.1) is 0 Å². The smallest absolute Gasteiger partial charge is 0.242 e. The van der Waals surface area contributed by atoms with Crippen molar-refractivity contribution in [2.45, 2.75) is 39.3 Å². The van der Waals surface area contributed by atoms with Crippen LogP contribution in [0.4, 0.5) is 0 Å². The molecule has 5 heteroatoms. The van der Waals surface area contributed by atoms with Crippen LogP contribution in [0.25, 0.3) is 0 Å². The third-order valence-corrected chi connectivity index (χ3v) is 4.08. The van der Waals surface area contributed by atoms with Crippen molar-refractivity contribution in [1.29, 1.82) is 0 Å². The molecule has 1 aromatic carbocycles. The zero-order chi connectivity index (χ0) is 13.3. The van der Waals surface area contributed by atoms with Crippen molar-refractivity contribution in [3.8, 4) is 11.5 Å². The van der Waals surface area contributed by atoms with Crippen molar-refractivity contribution in [2.24, 2.45) is 0 Å². The first-order chi connectivity index (χ1) is 7.57. The van der Waals surface area contributed by atoms with Gasteiger partial charge in [0.1, 0.15) is 11.5 Å². The summed E-state index contributed by atoms with van der Waals surface area (Å²) in [4.78, 5) is 0. The molecule has 17 heavy (non-hydrogen) atoms. The summed E-state index contributed by atoms with van der Waals surface area (Å²) in [6.45, 7) is 13.0. The van der Waals surface area contributed by atoms with Gasteiger partial charge in [-0.1, -0.05) is 0 Å². The number of halogens is 1. The van der Waals surface area contributed by atoms with Gasteiger partial charge in [-0.15, -0.1) is 0 Å². The zero-order valence-electron chi connectivity index (χ0n) is 11.4. The lowest BCUT2D eigenvalue weighted by atomic mass is 10.3. The lowest BCUT2D eigenvalue weighted by molar-refractivity contribution is 0.531. The average molecular weight is 333 g/mol. The van der Waals surface area contributed by atoms with Crippen LogP contribution in [0.15, 0.2) is 22.7 Å². The summed E-state index contributed by atoms with van der Waals surface area (Å²) in [5, 5.41) is 0. The van der Waals surface area contributed by atoms with E-state index in [1.807, 2.05) is 18.2 Å². The Morgan fingerprint density at radius 1 is 0.882 bits per heavy atom. The molecule has 0 spiro atoms. The summed E-state index contributed by atoms with van der Waals surface area (Å²) in [5.74, 6) is 1.79. The molecule has 0 atom stereocenters. The Morgan fingerprint density at radius 3 is 1.88 bits per heavy atom. The molecule has 2 nitrogen and oxygen atoms in total. The summed E-state index contributed by atoms with van der Waals surface area (Å²) in [6.07, 6.45) is 0. The predicted octanol–water partition coefficient (Wildman–Crippen LogP) is 4.88. The summed E-state index contributed by atoms with van der Waals surface area (Å²) >= 11 is 3.52. The summed E-state index contributed by atoms with van der Waals surface area (Å²) in [5.41, 5.74) is 0. The molecule has 0 amide bonds. The van der Waals surface area contributed by atoms with Gasteiger partial charge in [0, 0.05) is 6.07 Å². The molecule has 0 saturated carbocycles. The number of rotatable bonds is 4. The lowest BCUT2D eigenvalue weighted by Crippen LogP contribution is -2.30. The maximum Gasteiger partial charge on any atom is 0.242 e. The third-order valence-electron chi connectivity index (χ3n) is 1.74. The second-order valence-electron chi connectivity index (χ2n) is 6.02. The molecule has 0 aliphatic rings. The largest absolute Gasteiger partial charge is 0.544 e. The lowest BCUT2D eigenvalue weighted by Gasteiger charge is -2.23. The van der Waals surface area contributed by atoms with Crippen molar-refractivity contribution in [2.75, 3.05) is 0 Å². The van der Waals surface area contributed by atoms with Gasteiger partial charge < -0.3 is 8.85 Å². The molecule has 1 rings (SSSR count). The Bertz CT molecular complexity index is 394. The fraction of sp³-hybridized carbons (Fsp3) is 0.500. The molecule has 0 aliphatic heterocycles. The van der Waals surface area contributed by atoms with E-state index in [0.29, 0.717) is 0 Å². The second kappa shape index (κ2) is 5.16. The van der Waals surface area contributed by atoms with E-state index in [-0.39, 0.29) is 0 Å². The van der Waals surface area contributed by atoms with Crippen LogP contribution in [-0.4, -0.2) is 16.6 Å². The van der Waals surface area contributed by atoms with Gasteiger partial charge in [-0.2, -0.15) is 0 Å².